The Kier molecular flexibility index (Phi) is 11.8. The molecule has 39 heavy (non-hydrogen) atoms. The van der Waals surface area contributed by atoms with Gasteiger partial charge in [0.1, 0.15) is 24.2 Å². The van der Waals surface area contributed by atoms with E-state index < -0.39 is 85.5 Å². The Morgan fingerprint density at radius 1 is 1.13 bits per heavy atom. The summed E-state index contributed by atoms with van der Waals surface area (Å²) in [4.78, 5) is 81.4. The highest BCUT2D eigenvalue weighted by Crippen LogP contribution is 2.17. The van der Waals surface area contributed by atoms with Crippen molar-refractivity contribution in [3.05, 3.63) is 18.2 Å². The van der Waals surface area contributed by atoms with E-state index in [0.717, 1.165) is 4.90 Å². The van der Waals surface area contributed by atoms with Crippen molar-refractivity contribution in [1.29, 1.82) is 0 Å². The lowest BCUT2D eigenvalue weighted by Crippen LogP contribution is -2.59. The molecule has 1 saturated heterocycles. The summed E-state index contributed by atoms with van der Waals surface area (Å²) in [6.45, 7) is -0.286. The maximum atomic E-state index is 13.1. The normalized spacial score (nSPS) is 17.8. The number of nitrogens with zero attached hydrogens (tertiary/aromatic N) is 2. The van der Waals surface area contributed by atoms with Gasteiger partial charge in [0.25, 0.3) is 0 Å². The van der Waals surface area contributed by atoms with Crippen molar-refractivity contribution in [2.75, 3.05) is 26.2 Å². The number of nitrogens with two attached hydrogens (primary N) is 1. The molecule has 10 N–H and O–H groups in total. The van der Waals surface area contributed by atoms with E-state index in [-0.39, 0.29) is 13.0 Å². The molecule has 216 valence electrons. The molecule has 1 aromatic rings. The van der Waals surface area contributed by atoms with Gasteiger partial charge in [0.05, 0.1) is 32.1 Å². The number of aromatic nitrogens is 2. The minimum atomic E-state index is -1.53. The van der Waals surface area contributed by atoms with Gasteiger partial charge in [-0.3, -0.25) is 24.0 Å². The molecule has 5 atom stereocenters. The van der Waals surface area contributed by atoms with Gasteiger partial charge in [0.15, 0.2) is 0 Å². The molecular formula is C22H34N8O9. The van der Waals surface area contributed by atoms with E-state index in [1.807, 2.05) is 0 Å². The molecule has 1 aromatic heterocycles. The van der Waals surface area contributed by atoms with Crippen LogP contribution in [-0.2, 0) is 35.2 Å². The first-order chi connectivity index (χ1) is 18.4. The highest BCUT2D eigenvalue weighted by atomic mass is 16.4. The number of carbonyl (C=O) groups is 6. The molecule has 17 nitrogen and oxygen atoms in total. The lowest BCUT2D eigenvalue weighted by atomic mass is 10.1. The Morgan fingerprint density at radius 2 is 1.82 bits per heavy atom. The van der Waals surface area contributed by atoms with E-state index in [4.69, 9.17) is 10.8 Å². The molecule has 1 aliphatic heterocycles. The fraction of sp³-hybridized carbons (Fsp3) is 0.591. The smallest absolute Gasteiger partial charge is 0.326 e. The Labute approximate surface area is 222 Å². The van der Waals surface area contributed by atoms with Crippen LogP contribution in [0, 0.1) is 0 Å². The zero-order valence-electron chi connectivity index (χ0n) is 21.3. The van der Waals surface area contributed by atoms with Gasteiger partial charge in [-0.2, -0.15) is 0 Å². The molecule has 2 heterocycles. The Hall–Kier alpha value is -4.09. The van der Waals surface area contributed by atoms with Crippen LogP contribution >= 0.6 is 0 Å². The first-order valence-corrected chi connectivity index (χ1v) is 12.1. The van der Waals surface area contributed by atoms with Crippen molar-refractivity contribution in [3.8, 4) is 0 Å². The minimum absolute atomic E-state index is 0.0974. The van der Waals surface area contributed by atoms with Crippen molar-refractivity contribution < 1.29 is 44.1 Å². The topological polar surface area (TPSA) is 269 Å². The number of aliphatic carboxylic acids is 1. The van der Waals surface area contributed by atoms with Gasteiger partial charge in [0, 0.05) is 24.9 Å². The zero-order chi connectivity index (χ0) is 29.1. The van der Waals surface area contributed by atoms with Gasteiger partial charge in [0.2, 0.25) is 29.5 Å². The maximum absolute atomic E-state index is 13.1. The van der Waals surface area contributed by atoms with Crippen LogP contribution in [0.4, 0.5) is 0 Å². The molecule has 1 fully saturated rings. The van der Waals surface area contributed by atoms with Crippen molar-refractivity contribution in [3.63, 3.8) is 0 Å². The van der Waals surface area contributed by atoms with Crippen LogP contribution in [-0.4, -0.2) is 122 Å². The van der Waals surface area contributed by atoms with Crippen LogP contribution in [0.15, 0.2) is 12.5 Å². The summed E-state index contributed by atoms with van der Waals surface area (Å²) < 4.78 is 0. The van der Waals surface area contributed by atoms with Crippen LogP contribution in [0.3, 0.4) is 0 Å². The van der Waals surface area contributed by atoms with Gasteiger partial charge in [-0.25, -0.2) is 9.78 Å². The largest absolute Gasteiger partial charge is 0.480 e. The number of nitrogens with one attached hydrogen (secondary N) is 5. The molecule has 0 aliphatic carbocycles. The molecule has 0 bridgehead atoms. The number of rotatable bonds is 14. The number of aliphatic hydroxyl groups is 2. The number of carboxylic acids is 1. The highest BCUT2D eigenvalue weighted by molar-refractivity contribution is 5.95. The number of carbonyl (C=O) groups excluding carboxylic acids is 5. The molecule has 0 spiro atoms. The Bertz CT molecular complexity index is 1030. The maximum Gasteiger partial charge on any atom is 0.326 e. The predicted molar refractivity (Wildman–Crippen MR) is 131 cm³/mol. The van der Waals surface area contributed by atoms with Gasteiger partial charge >= 0.3 is 5.97 Å². The molecule has 2 rings (SSSR count). The number of aliphatic hydroxyl groups excluding tert-OH is 2. The summed E-state index contributed by atoms with van der Waals surface area (Å²) in [6, 6.07) is -5.03. The number of hydrogen-bond acceptors (Lipinski definition) is 10. The summed E-state index contributed by atoms with van der Waals surface area (Å²) in [5.41, 5.74) is 5.82. The Morgan fingerprint density at radius 3 is 2.41 bits per heavy atom. The fourth-order valence-corrected chi connectivity index (χ4v) is 3.81. The van der Waals surface area contributed by atoms with Crippen LogP contribution in [0.5, 0.6) is 0 Å². The third kappa shape index (κ3) is 9.31. The molecule has 17 heteroatoms. The molecule has 0 unspecified atom stereocenters. The molecule has 5 amide bonds. The molecule has 0 aromatic carbocycles. The highest BCUT2D eigenvalue weighted by Gasteiger charge is 2.35. The van der Waals surface area contributed by atoms with Gasteiger partial charge < -0.3 is 52.2 Å². The second-order valence-electron chi connectivity index (χ2n) is 8.94. The number of H-pyrrole nitrogens is 1. The van der Waals surface area contributed by atoms with E-state index >= 15 is 0 Å². The van der Waals surface area contributed by atoms with Gasteiger partial charge in [-0.1, -0.05) is 0 Å². The summed E-state index contributed by atoms with van der Waals surface area (Å²) >= 11 is 0. The van der Waals surface area contributed by atoms with Crippen LogP contribution in [0.25, 0.3) is 0 Å². The monoisotopic (exact) mass is 554 g/mol. The van der Waals surface area contributed by atoms with E-state index in [1.165, 1.54) is 19.4 Å². The Balaban J connectivity index is 2.03. The second kappa shape index (κ2) is 14.7. The average Bonchev–Trinajstić information content (AvgIpc) is 3.60. The molecule has 0 radical (unpaired) electrons. The summed E-state index contributed by atoms with van der Waals surface area (Å²) in [6.07, 6.45) is 2.04. The third-order valence-corrected chi connectivity index (χ3v) is 5.92. The number of amides is 5. The standard InChI is InChI=1S/C22H34N8O9/c1-11(32)18(21(37)26-8-17(34)30-4-2-3-15(30)22(38)39)29-20(36)14(5-12-6-24-10-27-12)28-16(33)7-25-19(35)13(23)9-31/h6,10-11,13-15,18,31-32H,2-5,7-9,23H2,1H3,(H,24,27)(H,25,35)(H,26,37)(H,28,33)(H,29,36)(H,38,39)/t11-,13+,14+,15+,18+/m1/s1. The number of hydrogen-bond donors (Lipinski definition) is 9. The number of likely N-dealkylation sites (tertiary alicyclic amines) is 1. The second-order valence-corrected chi connectivity index (χ2v) is 8.94. The van der Waals surface area contributed by atoms with E-state index in [1.54, 1.807) is 0 Å². The molecule has 1 aliphatic rings. The number of aromatic amines is 1. The third-order valence-electron chi connectivity index (χ3n) is 5.92. The van der Waals surface area contributed by atoms with Gasteiger partial charge in [-0.15, -0.1) is 0 Å². The van der Waals surface area contributed by atoms with E-state index in [0.29, 0.717) is 18.5 Å². The zero-order valence-corrected chi connectivity index (χ0v) is 21.3. The van der Waals surface area contributed by atoms with Crippen LogP contribution < -0.4 is 27.0 Å². The van der Waals surface area contributed by atoms with E-state index in [2.05, 4.69) is 31.2 Å². The quantitative estimate of drug-likeness (QED) is 0.105. The molecule has 0 saturated carbocycles. The van der Waals surface area contributed by atoms with Crippen molar-refractivity contribution >= 4 is 35.5 Å². The predicted octanol–water partition coefficient (Wildman–Crippen LogP) is -5.07. The SMILES string of the molecule is C[C@@H](O)[C@H](NC(=O)[C@H](Cc1cnc[nH]1)NC(=O)CNC(=O)[C@@H](N)CO)C(=O)NCC(=O)N1CCC[C@H]1C(=O)O. The average molecular weight is 555 g/mol. The lowest BCUT2D eigenvalue weighted by Gasteiger charge is -2.25. The van der Waals surface area contributed by atoms with Crippen molar-refractivity contribution in [2.45, 2.75) is 56.5 Å². The number of imidazole rings is 1. The van der Waals surface area contributed by atoms with Crippen LogP contribution in [0.2, 0.25) is 0 Å². The van der Waals surface area contributed by atoms with Crippen LogP contribution in [0.1, 0.15) is 25.5 Å². The van der Waals surface area contributed by atoms with Gasteiger partial charge in [-0.05, 0) is 19.8 Å². The summed E-state index contributed by atoms with van der Waals surface area (Å²) in [5, 5.41) is 37.5. The minimum Gasteiger partial charge on any atom is -0.480 e. The number of carboxylic acid groups (broad SMARTS) is 1. The van der Waals surface area contributed by atoms with Crippen molar-refractivity contribution in [2.24, 2.45) is 5.73 Å². The fourth-order valence-electron chi connectivity index (χ4n) is 3.81. The molecular weight excluding hydrogens is 520 g/mol. The summed E-state index contributed by atoms with van der Waals surface area (Å²) in [7, 11) is 0. The first-order valence-electron chi connectivity index (χ1n) is 12.1. The lowest BCUT2D eigenvalue weighted by molar-refractivity contribution is -0.148. The van der Waals surface area contributed by atoms with Crippen molar-refractivity contribution in [1.82, 2.24) is 36.1 Å². The summed E-state index contributed by atoms with van der Waals surface area (Å²) in [5.74, 6) is -5.12. The first kappa shape index (κ1) is 31.1. The van der Waals surface area contributed by atoms with E-state index in [9.17, 15) is 39.0 Å².